The Bertz CT molecular complexity index is 876. The Morgan fingerprint density at radius 3 is 1.59 bits per heavy atom. The fraction of sp³-hybridized carbons (Fsp3) is 0.452. The molecule has 0 aliphatic heterocycles. The van der Waals surface area contributed by atoms with Crippen molar-refractivity contribution in [3.63, 3.8) is 0 Å². The average molecular weight is 511 g/mol. The number of carbonyl (C=O) groups is 1. The van der Waals surface area contributed by atoms with Gasteiger partial charge in [0.25, 0.3) is 0 Å². The Morgan fingerprint density at radius 2 is 1.11 bits per heavy atom. The van der Waals surface area contributed by atoms with Crippen molar-refractivity contribution >= 4 is 5.97 Å². The van der Waals surface area contributed by atoms with Crippen LogP contribution in [0.3, 0.4) is 0 Å². The first-order valence-corrected chi connectivity index (χ1v) is 13.3. The van der Waals surface area contributed by atoms with Crippen LogP contribution in [0, 0.1) is 0 Å². The molecule has 0 fully saturated rings. The van der Waals surface area contributed by atoms with Crippen molar-refractivity contribution in [2.45, 2.75) is 57.8 Å². The van der Waals surface area contributed by atoms with Crippen LogP contribution in [-0.2, 0) is 25.7 Å². The van der Waals surface area contributed by atoms with Crippen molar-refractivity contribution in [1.29, 1.82) is 0 Å². The van der Waals surface area contributed by atoms with Crippen LogP contribution in [0.5, 0.6) is 11.5 Å². The van der Waals surface area contributed by atoms with Gasteiger partial charge in [0, 0.05) is 6.08 Å². The molecule has 0 aromatic heterocycles. The second-order valence-electron chi connectivity index (χ2n) is 8.76. The molecular weight excluding hydrogens is 468 g/mol. The van der Waals surface area contributed by atoms with Crippen LogP contribution in [0.25, 0.3) is 0 Å². The van der Waals surface area contributed by atoms with E-state index in [0.29, 0.717) is 26.4 Å². The van der Waals surface area contributed by atoms with Gasteiger partial charge in [-0.15, -0.1) is 6.58 Å². The van der Waals surface area contributed by atoms with Crippen molar-refractivity contribution in [3.8, 4) is 11.5 Å². The van der Waals surface area contributed by atoms with Gasteiger partial charge in [-0.1, -0.05) is 43.3 Å². The molecular formula is C31H42O6. The Kier molecular flexibility index (Phi) is 16.3. The summed E-state index contributed by atoms with van der Waals surface area (Å²) in [5.74, 6) is 1.44. The third-order valence-electron chi connectivity index (χ3n) is 5.63. The maximum atomic E-state index is 11.0. The molecule has 2 aromatic rings. The van der Waals surface area contributed by atoms with Crippen molar-refractivity contribution in [3.05, 3.63) is 85.0 Å². The molecule has 0 radical (unpaired) electrons. The van der Waals surface area contributed by atoms with Gasteiger partial charge in [-0.05, 0) is 86.8 Å². The fourth-order valence-electron chi connectivity index (χ4n) is 3.58. The van der Waals surface area contributed by atoms with Crippen LogP contribution in [0.4, 0.5) is 0 Å². The first-order valence-electron chi connectivity index (χ1n) is 13.3. The summed E-state index contributed by atoms with van der Waals surface area (Å²) in [5, 5.41) is 0. The molecule has 0 spiro atoms. The van der Waals surface area contributed by atoms with E-state index in [2.05, 4.69) is 37.4 Å². The molecule has 0 aliphatic rings. The molecule has 0 aliphatic carbocycles. The van der Waals surface area contributed by atoms with Gasteiger partial charge >= 0.3 is 5.97 Å². The quantitative estimate of drug-likeness (QED) is 0.0424. The summed E-state index contributed by atoms with van der Waals surface area (Å²) in [5.41, 5.74) is 2.49. The zero-order valence-corrected chi connectivity index (χ0v) is 22.0. The molecule has 6 nitrogen and oxygen atoms in total. The molecule has 6 heteroatoms. The van der Waals surface area contributed by atoms with Crippen molar-refractivity contribution < 1.29 is 28.8 Å². The van der Waals surface area contributed by atoms with E-state index in [-0.39, 0.29) is 5.97 Å². The van der Waals surface area contributed by atoms with Crippen molar-refractivity contribution in [1.82, 2.24) is 0 Å². The molecule has 0 heterocycles. The van der Waals surface area contributed by atoms with E-state index in [1.807, 2.05) is 24.3 Å². The lowest BCUT2D eigenvalue weighted by atomic mass is 10.0. The summed E-state index contributed by atoms with van der Waals surface area (Å²) in [7, 11) is 0. The standard InChI is InChI=1S/C31H42O6/c1-3-21-36-37-25-12-8-7-10-23-34-30-19-15-28(16-20-30)26-27-13-17-29(18-14-27)33-22-9-5-6-11-24-35-31(32)4-2/h3-4,13-20H,1-2,5-12,21-26H2. The Morgan fingerprint density at radius 1 is 0.622 bits per heavy atom. The summed E-state index contributed by atoms with van der Waals surface area (Å²) in [6, 6.07) is 16.6. The van der Waals surface area contributed by atoms with Gasteiger partial charge in [-0.25, -0.2) is 14.6 Å². The average Bonchev–Trinajstić information content (AvgIpc) is 2.93. The topological polar surface area (TPSA) is 63.2 Å². The highest BCUT2D eigenvalue weighted by molar-refractivity contribution is 5.81. The first-order chi connectivity index (χ1) is 18.2. The van der Waals surface area contributed by atoms with Crippen LogP contribution in [0.15, 0.2) is 73.8 Å². The van der Waals surface area contributed by atoms with Gasteiger partial charge < -0.3 is 14.2 Å². The van der Waals surface area contributed by atoms with Crippen LogP contribution in [-0.4, -0.2) is 39.0 Å². The van der Waals surface area contributed by atoms with Gasteiger partial charge in [0.05, 0.1) is 26.4 Å². The summed E-state index contributed by atoms with van der Waals surface area (Å²) in [4.78, 5) is 20.9. The number of rotatable bonds is 22. The smallest absolute Gasteiger partial charge is 0.330 e. The Balaban J connectivity index is 1.53. The number of carbonyl (C=O) groups excluding carboxylic acids is 1. The maximum absolute atomic E-state index is 11.0. The third kappa shape index (κ3) is 14.9. The summed E-state index contributed by atoms with van der Waals surface area (Å²) in [6.07, 6.45) is 11.8. The molecule has 2 rings (SSSR count). The number of benzene rings is 2. The number of esters is 1. The Labute approximate surface area is 222 Å². The largest absolute Gasteiger partial charge is 0.494 e. The predicted octanol–water partition coefficient (Wildman–Crippen LogP) is 7.02. The van der Waals surface area contributed by atoms with Gasteiger partial charge in [0.15, 0.2) is 0 Å². The van der Waals surface area contributed by atoms with Crippen molar-refractivity contribution in [2.75, 3.05) is 33.0 Å². The molecule has 2 aromatic carbocycles. The zero-order chi connectivity index (χ0) is 26.4. The van der Waals surface area contributed by atoms with Crippen LogP contribution in [0.1, 0.15) is 62.5 Å². The normalized spacial score (nSPS) is 10.6. The fourth-order valence-corrected chi connectivity index (χ4v) is 3.58. The second kappa shape index (κ2) is 20.0. The van der Waals surface area contributed by atoms with Crippen LogP contribution in [0.2, 0.25) is 0 Å². The summed E-state index contributed by atoms with van der Waals surface area (Å²) >= 11 is 0. The van der Waals surface area contributed by atoms with Crippen molar-refractivity contribution in [2.24, 2.45) is 0 Å². The SMILES string of the molecule is C=CCOOCCCCCCOc1ccc(Cc2ccc(OCCCCCCOC(=O)C=C)cc2)cc1. The summed E-state index contributed by atoms with van der Waals surface area (Å²) < 4.78 is 16.7. The highest BCUT2D eigenvalue weighted by Gasteiger charge is 2.01. The van der Waals surface area contributed by atoms with Gasteiger partial charge in [0.1, 0.15) is 18.1 Å². The third-order valence-corrected chi connectivity index (χ3v) is 5.63. The number of hydrogen-bond acceptors (Lipinski definition) is 6. The molecule has 37 heavy (non-hydrogen) atoms. The van der Waals surface area contributed by atoms with E-state index in [1.54, 1.807) is 6.08 Å². The minimum Gasteiger partial charge on any atom is -0.494 e. The summed E-state index contributed by atoms with van der Waals surface area (Å²) in [6.45, 7) is 9.85. The molecule has 202 valence electrons. The zero-order valence-electron chi connectivity index (χ0n) is 22.0. The lowest BCUT2D eigenvalue weighted by Gasteiger charge is -2.09. The Hall–Kier alpha value is -3.09. The molecule has 0 atom stereocenters. The van der Waals surface area contributed by atoms with E-state index >= 15 is 0 Å². The molecule has 0 saturated carbocycles. The lowest BCUT2D eigenvalue weighted by molar-refractivity contribution is -0.286. The maximum Gasteiger partial charge on any atom is 0.330 e. The van der Waals surface area contributed by atoms with E-state index in [4.69, 9.17) is 24.0 Å². The predicted molar refractivity (Wildman–Crippen MR) is 147 cm³/mol. The molecule has 0 amide bonds. The number of unbranched alkanes of at least 4 members (excludes halogenated alkanes) is 6. The lowest BCUT2D eigenvalue weighted by Crippen LogP contribution is -2.02. The highest BCUT2D eigenvalue weighted by Crippen LogP contribution is 2.18. The molecule has 0 saturated heterocycles. The minimum atomic E-state index is -0.357. The minimum absolute atomic E-state index is 0.357. The molecule has 0 unspecified atom stereocenters. The molecule has 0 N–H and O–H groups in total. The first kappa shape index (κ1) is 30.1. The molecule has 0 bridgehead atoms. The number of ether oxygens (including phenoxy) is 3. The van der Waals surface area contributed by atoms with E-state index in [9.17, 15) is 4.79 Å². The van der Waals surface area contributed by atoms with Crippen LogP contribution >= 0.6 is 0 Å². The van der Waals surface area contributed by atoms with Crippen LogP contribution < -0.4 is 9.47 Å². The van der Waals surface area contributed by atoms with Gasteiger partial charge in [-0.3, -0.25) is 0 Å². The van der Waals surface area contributed by atoms with E-state index < -0.39 is 0 Å². The highest BCUT2D eigenvalue weighted by atomic mass is 17.2. The van der Waals surface area contributed by atoms with Gasteiger partial charge in [-0.2, -0.15) is 0 Å². The monoisotopic (exact) mass is 510 g/mol. The van der Waals surface area contributed by atoms with Gasteiger partial charge in [0.2, 0.25) is 0 Å². The number of hydrogen-bond donors (Lipinski definition) is 0. The second-order valence-corrected chi connectivity index (χ2v) is 8.76. The van der Waals surface area contributed by atoms with E-state index in [0.717, 1.165) is 75.9 Å². The van der Waals surface area contributed by atoms with E-state index in [1.165, 1.54) is 17.2 Å².